The minimum atomic E-state index is -4.70. The van der Waals surface area contributed by atoms with Gasteiger partial charge in [-0.2, -0.15) is 26.3 Å². The number of amides is 4. The predicted molar refractivity (Wildman–Crippen MR) is 160 cm³/mol. The van der Waals surface area contributed by atoms with E-state index in [1.54, 1.807) is 0 Å². The minimum Gasteiger partial charge on any atom is -0.325 e. The van der Waals surface area contributed by atoms with Crippen LogP contribution in [-0.2, 0) is 31.5 Å². The highest BCUT2D eigenvalue weighted by Crippen LogP contribution is 2.42. The van der Waals surface area contributed by atoms with Crippen LogP contribution in [0, 0.1) is 0 Å². The molecule has 8 nitrogen and oxygen atoms in total. The fourth-order valence-electron chi connectivity index (χ4n) is 3.99. The molecule has 18 heteroatoms. The van der Waals surface area contributed by atoms with Crippen molar-refractivity contribution >= 4 is 91.6 Å². The molecule has 0 unspecified atom stereocenters. The zero-order chi connectivity index (χ0) is 32.4. The molecule has 4 rings (SSSR count). The second kappa shape index (κ2) is 13.3. The summed E-state index contributed by atoms with van der Waals surface area (Å²) < 4.78 is 79.3. The molecule has 0 radical (unpaired) electrons. The molecule has 232 valence electrons. The Morgan fingerprint density at radius 3 is 1.34 bits per heavy atom. The molecule has 0 spiro atoms. The van der Waals surface area contributed by atoms with Crippen molar-refractivity contribution in [3.63, 3.8) is 0 Å². The molecule has 2 saturated heterocycles. The first-order chi connectivity index (χ1) is 20.6. The fourth-order valence-corrected chi connectivity index (χ4v) is 6.76. The van der Waals surface area contributed by atoms with Gasteiger partial charge in [-0.15, -0.1) is 0 Å². The van der Waals surface area contributed by atoms with Gasteiger partial charge in [0, 0.05) is 25.9 Å². The highest BCUT2D eigenvalue weighted by Gasteiger charge is 2.42. The first-order valence-corrected chi connectivity index (χ1v) is 14.8. The molecule has 2 aromatic rings. The van der Waals surface area contributed by atoms with E-state index in [4.69, 9.17) is 24.4 Å². The van der Waals surface area contributed by atoms with Crippen molar-refractivity contribution in [1.82, 2.24) is 9.80 Å². The largest absolute Gasteiger partial charge is 0.418 e. The summed E-state index contributed by atoms with van der Waals surface area (Å²) >= 11 is 12.0. The summed E-state index contributed by atoms with van der Waals surface area (Å²) in [4.78, 5) is 52.9. The van der Waals surface area contributed by atoms with Gasteiger partial charge in [0.2, 0.25) is 11.8 Å². The summed E-state index contributed by atoms with van der Waals surface area (Å²) in [5.41, 5.74) is -2.97. The van der Waals surface area contributed by atoms with Crippen LogP contribution >= 0.6 is 48.0 Å². The van der Waals surface area contributed by atoms with Crippen molar-refractivity contribution in [3.8, 4) is 0 Å². The van der Waals surface area contributed by atoms with E-state index in [2.05, 4.69) is 10.6 Å². The van der Waals surface area contributed by atoms with Crippen molar-refractivity contribution in [2.24, 2.45) is 0 Å². The summed E-state index contributed by atoms with van der Waals surface area (Å²) in [7, 11) is 0. The van der Waals surface area contributed by atoms with Gasteiger partial charge in [0.1, 0.15) is 8.64 Å². The third kappa shape index (κ3) is 7.59. The molecule has 0 aliphatic carbocycles. The van der Waals surface area contributed by atoms with Gasteiger partial charge in [-0.3, -0.25) is 29.0 Å². The van der Waals surface area contributed by atoms with Crippen molar-refractivity contribution in [2.75, 3.05) is 23.7 Å². The minimum absolute atomic E-state index is 0.00136. The van der Waals surface area contributed by atoms with Gasteiger partial charge >= 0.3 is 12.4 Å². The first-order valence-electron chi connectivity index (χ1n) is 12.3. The molecule has 4 amide bonds. The monoisotopic (exact) mass is 692 g/mol. The van der Waals surface area contributed by atoms with Crippen LogP contribution in [0.4, 0.5) is 37.7 Å². The smallest absolute Gasteiger partial charge is 0.325 e. The number of carbonyl (C=O) groups is 4. The van der Waals surface area contributed by atoms with Crippen molar-refractivity contribution in [3.05, 3.63) is 69.5 Å². The van der Waals surface area contributed by atoms with E-state index in [0.717, 1.165) is 57.6 Å². The fraction of sp³-hybridized carbons (Fsp3) is 0.231. The molecule has 0 saturated carbocycles. The number of nitrogens with one attached hydrogen (secondary N) is 2. The van der Waals surface area contributed by atoms with E-state index in [1.165, 1.54) is 24.3 Å². The number of thiocarbonyl (C=S) groups is 2. The zero-order valence-electron chi connectivity index (χ0n) is 21.9. The Hall–Kier alpha value is -3.48. The number of para-hydroxylation sites is 2. The highest BCUT2D eigenvalue weighted by molar-refractivity contribution is 8.29. The lowest BCUT2D eigenvalue weighted by molar-refractivity contribution is -0.138. The maximum Gasteiger partial charge on any atom is 0.418 e. The molecule has 0 aromatic heterocycles. The summed E-state index contributed by atoms with van der Waals surface area (Å²) in [6, 6.07) is 8.80. The Morgan fingerprint density at radius 2 is 1.00 bits per heavy atom. The zero-order valence-corrected chi connectivity index (χ0v) is 25.1. The molecule has 2 aromatic carbocycles. The van der Waals surface area contributed by atoms with Gasteiger partial charge in [-0.05, 0) is 24.3 Å². The van der Waals surface area contributed by atoms with Crippen LogP contribution in [-0.4, -0.2) is 55.2 Å². The van der Waals surface area contributed by atoms with Gasteiger partial charge in [-0.1, -0.05) is 72.2 Å². The Bertz CT molecular complexity index is 1480. The van der Waals surface area contributed by atoms with Crippen molar-refractivity contribution in [1.29, 1.82) is 0 Å². The van der Waals surface area contributed by atoms with E-state index in [9.17, 15) is 45.5 Å². The lowest BCUT2D eigenvalue weighted by Gasteiger charge is -2.16. The van der Waals surface area contributed by atoms with Gasteiger partial charge in [0.05, 0.1) is 32.3 Å². The van der Waals surface area contributed by atoms with Crippen LogP contribution in [0.3, 0.4) is 0 Å². The van der Waals surface area contributed by atoms with Gasteiger partial charge in [-0.25, -0.2) is 0 Å². The topological polar surface area (TPSA) is 98.8 Å². The Balaban J connectivity index is 1.37. The van der Waals surface area contributed by atoms with Crippen LogP contribution < -0.4 is 10.6 Å². The van der Waals surface area contributed by atoms with Crippen molar-refractivity contribution in [2.45, 2.75) is 25.2 Å². The number of carbonyl (C=O) groups excluding carboxylic acids is 4. The first kappa shape index (κ1) is 33.4. The van der Waals surface area contributed by atoms with E-state index < -0.39 is 71.3 Å². The number of hydrogen-bond donors (Lipinski definition) is 2. The average Bonchev–Trinajstić information content (AvgIpc) is 3.38. The van der Waals surface area contributed by atoms with Crippen LogP contribution in [0.15, 0.2) is 58.3 Å². The SMILES string of the molecule is O=C(CCN1C(=O)/C(=C2\SC(=S)N(CCC(=O)Nc3ccccc3C(F)(F)F)C2=O)SC1=S)Nc1ccccc1C(F)(F)F. The summed E-state index contributed by atoms with van der Waals surface area (Å²) in [6.07, 6.45) is -10.2. The van der Waals surface area contributed by atoms with E-state index in [0.29, 0.717) is 0 Å². The third-order valence-corrected chi connectivity index (χ3v) is 9.07. The van der Waals surface area contributed by atoms with E-state index >= 15 is 0 Å². The van der Waals surface area contributed by atoms with Crippen LogP contribution in [0.25, 0.3) is 0 Å². The Labute approximate surface area is 264 Å². The molecule has 2 heterocycles. The lowest BCUT2D eigenvalue weighted by atomic mass is 10.1. The second-order valence-corrected chi connectivity index (χ2v) is 12.3. The molecular weight excluding hydrogens is 675 g/mol. The number of halogens is 6. The molecular formula is C26H18F6N4O4S4. The summed E-state index contributed by atoms with van der Waals surface area (Å²) in [5.74, 6) is -3.05. The molecule has 2 aliphatic rings. The number of rotatable bonds is 8. The highest BCUT2D eigenvalue weighted by atomic mass is 32.2. The van der Waals surface area contributed by atoms with Crippen molar-refractivity contribution < 1.29 is 45.5 Å². The number of anilines is 2. The van der Waals surface area contributed by atoms with Crippen LogP contribution in [0.5, 0.6) is 0 Å². The van der Waals surface area contributed by atoms with Crippen LogP contribution in [0.1, 0.15) is 24.0 Å². The second-order valence-electron chi connectivity index (χ2n) is 8.99. The number of thioether (sulfide) groups is 2. The molecule has 44 heavy (non-hydrogen) atoms. The Kier molecular flexibility index (Phi) is 10.1. The number of alkyl halides is 6. The average molecular weight is 693 g/mol. The summed E-state index contributed by atoms with van der Waals surface area (Å²) in [5, 5.41) is 4.35. The molecule has 2 fully saturated rings. The molecule has 0 bridgehead atoms. The Morgan fingerprint density at radius 1 is 0.659 bits per heavy atom. The van der Waals surface area contributed by atoms with E-state index in [1.807, 2.05) is 0 Å². The quantitative estimate of drug-likeness (QED) is 0.197. The van der Waals surface area contributed by atoms with Crippen LogP contribution in [0.2, 0.25) is 0 Å². The number of nitrogens with zero attached hydrogens (tertiary/aromatic N) is 2. The summed E-state index contributed by atoms with van der Waals surface area (Å²) in [6.45, 7) is -0.567. The maximum atomic E-state index is 13.2. The molecule has 2 aliphatic heterocycles. The standard InChI is InChI=1S/C26H18F6N4O4S4/c27-25(28,29)13-5-1-3-7-15(13)33-17(37)9-11-35-21(39)19(43-23(35)41)20-22(40)36(24(42)44-20)12-10-18(38)34-16-8-4-2-6-14(16)26(30,31)32/h1-8H,9-12H2,(H,33,37)(H,34,38)/b20-19+. The third-order valence-electron chi connectivity index (χ3n) is 6.04. The molecule has 0 atom stereocenters. The lowest BCUT2D eigenvalue weighted by Crippen LogP contribution is -2.33. The van der Waals surface area contributed by atoms with Gasteiger partial charge < -0.3 is 10.6 Å². The predicted octanol–water partition coefficient (Wildman–Crippen LogP) is 6.01. The number of hydrogen-bond acceptors (Lipinski definition) is 8. The molecule has 2 N–H and O–H groups in total. The normalized spacial score (nSPS) is 17.5. The van der Waals surface area contributed by atoms with Gasteiger partial charge in [0.25, 0.3) is 11.8 Å². The maximum absolute atomic E-state index is 13.2. The van der Waals surface area contributed by atoms with Gasteiger partial charge in [0.15, 0.2) is 0 Å². The van der Waals surface area contributed by atoms with E-state index in [-0.39, 0.29) is 31.5 Å². The number of benzene rings is 2.